The predicted octanol–water partition coefficient (Wildman–Crippen LogP) is 2.52. The summed E-state index contributed by atoms with van der Waals surface area (Å²) in [6, 6.07) is 8.11. The van der Waals surface area contributed by atoms with Crippen molar-refractivity contribution in [3.63, 3.8) is 0 Å². The van der Waals surface area contributed by atoms with E-state index in [0.717, 1.165) is 24.5 Å². The third-order valence-corrected chi connectivity index (χ3v) is 3.12. The van der Waals surface area contributed by atoms with Crippen molar-refractivity contribution in [3.8, 4) is 0 Å². The lowest BCUT2D eigenvalue weighted by Crippen LogP contribution is -2.23. The van der Waals surface area contributed by atoms with E-state index in [-0.39, 0.29) is 6.04 Å². The van der Waals surface area contributed by atoms with Crippen LogP contribution in [-0.2, 0) is 6.54 Å². The molecule has 0 aliphatic heterocycles. The van der Waals surface area contributed by atoms with Crippen molar-refractivity contribution < 1.29 is 0 Å². The minimum absolute atomic E-state index is 0.0291. The van der Waals surface area contributed by atoms with Crippen LogP contribution in [-0.4, -0.2) is 16.5 Å². The Bertz CT molecular complexity index is 511. The van der Waals surface area contributed by atoms with Crippen LogP contribution in [0.4, 0.5) is 5.82 Å². The molecule has 0 radical (unpaired) electrons. The Kier molecular flexibility index (Phi) is 4.47. The topological polar surface area (TPSA) is 55.0 Å². The molecule has 0 bridgehead atoms. The molecular weight excluding hydrogens is 236 g/mol. The second-order valence-corrected chi connectivity index (χ2v) is 4.61. The van der Waals surface area contributed by atoms with Crippen molar-refractivity contribution in [1.82, 2.24) is 9.97 Å². The first-order valence-corrected chi connectivity index (χ1v) is 6.56. The minimum atomic E-state index is 0.0291. The van der Waals surface area contributed by atoms with Gasteiger partial charge in [-0.15, -0.1) is 0 Å². The van der Waals surface area contributed by atoms with E-state index in [9.17, 15) is 0 Å². The number of rotatable bonds is 5. The van der Waals surface area contributed by atoms with Gasteiger partial charge in [-0.25, -0.2) is 4.98 Å². The summed E-state index contributed by atoms with van der Waals surface area (Å²) in [6.45, 7) is 5.84. The van der Waals surface area contributed by atoms with E-state index in [1.54, 1.807) is 0 Å². The van der Waals surface area contributed by atoms with Crippen molar-refractivity contribution in [2.24, 2.45) is 5.73 Å². The van der Waals surface area contributed by atoms with Crippen LogP contribution in [0.3, 0.4) is 0 Å². The molecule has 19 heavy (non-hydrogen) atoms. The quantitative estimate of drug-likeness (QED) is 0.893. The fourth-order valence-corrected chi connectivity index (χ4v) is 1.95. The van der Waals surface area contributed by atoms with E-state index in [0.29, 0.717) is 0 Å². The van der Waals surface area contributed by atoms with Crippen LogP contribution < -0.4 is 10.6 Å². The lowest BCUT2D eigenvalue weighted by molar-refractivity contribution is 0.790. The molecule has 0 aliphatic rings. The highest BCUT2D eigenvalue weighted by Gasteiger charge is 2.08. The Morgan fingerprint density at radius 1 is 1.21 bits per heavy atom. The lowest BCUT2D eigenvalue weighted by atomic mass is 10.1. The van der Waals surface area contributed by atoms with Gasteiger partial charge in [-0.1, -0.05) is 0 Å². The van der Waals surface area contributed by atoms with Crippen LogP contribution in [0.1, 0.15) is 31.0 Å². The SMILES string of the molecule is CCN(Cc1ccncc1)c1cc(C(C)N)ccn1. The summed E-state index contributed by atoms with van der Waals surface area (Å²) in [5.74, 6) is 0.967. The third kappa shape index (κ3) is 3.51. The molecule has 0 fully saturated rings. The Morgan fingerprint density at radius 3 is 2.58 bits per heavy atom. The van der Waals surface area contributed by atoms with Gasteiger partial charge in [0.1, 0.15) is 5.82 Å². The van der Waals surface area contributed by atoms with Gasteiger partial charge in [-0.2, -0.15) is 0 Å². The van der Waals surface area contributed by atoms with Gasteiger partial charge in [0.15, 0.2) is 0 Å². The van der Waals surface area contributed by atoms with Gasteiger partial charge in [-0.05, 0) is 49.2 Å². The van der Waals surface area contributed by atoms with Gasteiger partial charge in [0.25, 0.3) is 0 Å². The molecule has 2 aromatic rings. The van der Waals surface area contributed by atoms with Crippen molar-refractivity contribution in [3.05, 3.63) is 54.0 Å². The highest BCUT2D eigenvalue weighted by Crippen LogP contribution is 2.18. The first-order valence-electron chi connectivity index (χ1n) is 6.56. The summed E-state index contributed by atoms with van der Waals surface area (Å²) in [5, 5.41) is 0. The first-order chi connectivity index (χ1) is 9.20. The van der Waals surface area contributed by atoms with E-state index in [1.165, 1.54) is 5.56 Å². The molecule has 4 nitrogen and oxygen atoms in total. The predicted molar refractivity (Wildman–Crippen MR) is 77.8 cm³/mol. The second-order valence-electron chi connectivity index (χ2n) is 4.61. The van der Waals surface area contributed by atoms with Gasteiger partial charge in [0.05, 0.1) is 0 Å². The number of nitrogens with zero attached hydrogens (tertiary/aromatic N) is 3. The Balaban J connectivity index is 2.20. The zero-order valence-corrected chi connectivity index (χ0v) is 11.5. The molecule has 0 aromatic carbocycles. The van der Waals surface area contributed by atoms with E-state index >= 15 is 0 Å². The van der Waals surface area contributed by atoms with E-state index in [2.05, 4.69) is 27.9 Å². The Morgan fingerprint density at radius 2 is 1.95 bits per heavy atom. The molecule has 0 spiro atoms. The molecule has 1 atom stereocenters. The van der Waals surface area contributed by atoms with Crippen molar-refractivity contribution in [1.29, 1.82) is 0 Å². The smallest absolute Gasteiger partial charge is 0.129 e. The number of anilines is 1. The van der Waals surface area contributed by atoms with Gasteiger partial charge < -0.3 is 10.6 Å². The Hall–Kier alpha value is -1.94. The molecule has 2 rings (SSSR count). The highest BCUT2D eigenvalue weighted by atomic mass is 15.2. The zero-order chi connectivity index (χ0) is 13.7. The van der Waals surface area contributed by atoms with E-state index in [4.69, 9.17) is 5.73 Å². The van der Waals surface area contributed by atoms with E-state index in [1.807, 2.05) is 43.7 Å². The maximum absolute atomic E-state index is 5.92. The number of hydrogen-bond donors (Lipinski definition) is 1. The second kappa shape index (κ2) is 6.29. The van der Waals surface area contributed by atoms with Crippen LogP contribution in [0.25, 0.3) is 0 Å². The van der Waals surface area contributed by atoms with Crippen LogP contribution in [0.2, 0.25) is 0 Å². The maximum atomic E-state index is 5.92. The number of aromatic nitrogens is 2. The summed E-state index contributed by atoms with van der Waals surface area (Å²) in [5.41, 5.74) is 8.26. The number of hydrogen-bond acceptors (Lipinski definition) is 4. The summed E-state index contributed by atoms with van der Waals surface area (Å²) in [6.07, 6.45) is 5.45. The van der Waals surface area contributed by atoms with Gasteiger partial charge >= 0.3 is 0 Å². The van der Waals surface area contributed by atoms with Crippen molar-refractivity contribution in [2.45, 2.75) is 26.4 Å². The van der Waals surface area contributed by atoms with Crippen LogP contribution >= 0.6 is 0 Å². The Labute approximate surface area is 114 Å². The van der Waals surface area contributed by atoms with Crippen molar-refractivity contribution >= 4 is 5.82 Å². The normalized spacial score (nSPS) is 12.2. The standard InChI is InChI=1S/C15H20N4/c1-3-19(11-13-4-7-17-8-5-13)15-10-14(12(2)16)6-9-18-15/h4-10,12H,3,11,16H2,1-2H3. The first kappa shape index (κ1) is 13.5. The molecular formula is C15H20N4. The molecule has 0 saturated heterocycles. The fourth-order valence-electron chi connectivity index (χ4n) is 1.95. The number of nitrogens with two attached hydrogens (primary N) is 1. The highest BCUT2D eigenvalue weighted by molar-refractivity contribution is 5.42. The maximum Gasteiger partial charge on any atom is 0.129 e. The van der Waals surface area contributed by atoms with Gasteiger partial charge in [-0.3, -0.25) is 4.98 Å². The molecule has 0 aliphatic carbocycles. The molecule has 100 valence electrons. The molecule has 1 unspecified atom stereocenters. The van der Waals surface area contributed by atoms with Crippen LogP contribution in [0.15, 0.2) is 42.9 Å². The summed E-state index contributed by atoms with van der Waals surface area (Å²) in [4.78, 5) is 10.7. The zero-order valence-electron chi connectivity index (χ0n) is 11.5. The van der Waals surface area contributed by atoms with Crippen LogP contribution in [0, 0.1) is 0 Å². The lowest BCUT2D eigenvalue weighted by Gasteiger charge is -2.23. The summed E-state index contributed by atoms with van der Waals surface area (Å²) >= 11 is 0. The number of pyridine rings is 2. The average molecular weight is 256 g/mol. The molecule has 4 heteroatoms. The molecule has 0 saturated carbocycles. The van der Waals surface area contributed by atoms with Gasteiger partial charge in [0, 0.05) is 37.7 Å². The van der Waals surface area contributed by atoms with Gasteiger partial charge in [0.2, 0.25) is 0 Å². The third-order valence-electron chi connectivity index (χ3n) is 3.12. The average Bonchev–Trinajstić information content (AvgIpc) is 2.46. The molecule has 2 aromatic heterocycles. The molecule has 0 amide bonds. The van der Waals surface area contributed by atoms with Crippen molar-refractivity contribution in [2.75, 3.05) is 11.4 Å². The molecule has 2 N–H and O–H groups in total. The largest absolute Gasteiger partial charge is 0.353 e. The minimum Gasteiger partial charge on any atom is -0.353 e. The van der Waals surface area contributed by atoms with Crippen LogP contribution in [0.5, 0.6) is 0 Å². The fraction of sp³-hybridized carbons (Fsp3) is 0.333. The van der Waals surface area contributed by atoms with E-state index < -0.39 is 0 Å². The summed E-state index contributed by atoms with van der Waals surface area (Å²) in [7, 11) is 0. The monoisotopic (exact) mass is 256 g/mol. The molecule has 2 heterocycles. The summed E-state index contributed by atoms with van der Waals surface area (Å²) < 4.78 is 0.